The molecule has 0 spiro atoms. The first kappa shape index (κ1) is 20.9. The van der Waals surface area contributed by atoms with Crippen LogP contribution in [-0.4, -0.2) is 50.3 Å². The molecule has 130 valence electrons. The van der Waals surface area contributed by atoms with Crippen molar-refractivity contribution in [1.29, 1.82) is 0 Å². The van der Waals surface area contributed by atoms with Gasteiger partial charge in [0.2, 0.25) is 0 Å². The highest BCUT2D eigenvalue weighted by molar-refractivity contribution is 5.76. The lowest BCUT2D eigenvalue weighted by molar-refractivity contribution is -0.148. The Morgan fingerprint density at radius 2 is 1.09 bits per heavy atom. The van der Waals surface area contributed by atoms with Gasteiger partial charge < -0.3 is 20.1 Å². The van der Waals surface area contributed by atoms with Crippen LogP contribution in [0.5, 0.6) is 0 Å². The van der Waals surface area contributed by atoms with Gasteiger partial charge in [0.05, 0.1) is 13.2 Å². The van der Waals surface area contributed by atoms with Crippen LogP contribution in [0.4, 0.5) is 0 Å². The van der Waals surface area contributed by atoms with Gasteiger partial charge in [-0.05, 0) is 25.7 Å². The molecule has 0 amide bonds. The van der Waals surface area contributed by atoms with Gasteiger partial charge in [-0.2, -0.15) is 0 Å². The van der Waals surface area contributed by atoms with Crippen LogP contribution in [0.1, 0.15) is 41.5 Å². The first-order valence-electron chi connectivity index (χ1n) is 8.15. The Morgan fingerprint density at radius 1 is 0.773 bits per heavy atom. The molecule has 0 radical (unpaired) electrons. The summed E-state index contributed by atoms with van der Waals surface area (Å²) in [7, 11) is 0. The summed E-state index contributed by atoms with van der Waals surface area (Å²) in [5.74, 6) is -0.179. The summed E-state index contributed by atoms with van der Waals surface area (Å²) in [5.41, 5.74) is 0. The van der Waals surface area contributed by atoms with Gasteiger partial charge >= 0.3 is 11.9 Å². The molecule has 0 fully saturated rings. The third kappa shape index (κ3) is 7.75. The van der Waals surface area contributed by atoms with Gasteiger partial charge in [0.25, 0.3) is 0 Å². The van der Waals surface area contributed by atoms with Crippen LogP contribution < -0.4 is 10.6 Å². The highest BCUT2D eigenvalue weighted by Crippen LogP contribution is 2.05. The number of hydrogen-bond donors (Lipinski definition) is 2. The molecule has 6 heteroatoms. The predicted octanol–water partition coefficient (Wildman–Crippen LogP) is 1.34. The van der Waals surface area contributed by atoms with Crippen molar-refractivity contribution in [3.63, 3.8) is 0 Å². The summed E-state index contributed by atoms with van der Waals surface area (Å²) in [6, 6.07) is -0.663. The van der Waals surface area contributed by atoms with E-state index in [0.29, 0.717) is 26.3 Å². The Hall–Kier alpha value is -1.14. The van der Waals surface area contributed by atoms with Gasteiger partial charge in [0, 0.05) is 13.1 Å². The van der Waals surface area contributed by atoms with Gasteiger partial charge in [-0.3, -0.25) is 9.59 Å². The molecule has 6 nitrogen and oxygen atoms in total. The number of ether oxygens (including phenoxy) is 2. The smallest absolute Gasteiger partial charge is 0.323 e. The van der Waals surface area contributed by atoms with Crippen LogP contribution in [0, 0.1) is 11.8 Å². The van der Waals surface area contributed by atoms with Crippen LogP contribution in [0.3, 0.4) is 0 Å². The van der Waals surface area contributed by atoms with E-state index in [4.69, 9.17) is 9.47 Å². The van der Waals surface area contributed by atoms with Crippen molar-refractivity contribution in [2.75, 3.05) is 26.3 Å². The molecule has 0 aliphatic carbocycles. The second kappa shape index (κ2) is 11.4. The third-order valence-corrected chi connectivity index (χ3v) is 3.27. The minimum absolute atomic E-state index is 0.144. The molecule has 0 aromatic heterocycles. The fraction of sp³-hybridized carbons (Fsp3) is 0.875. The van der Waals surface area contributed by atoms with E-state index < -0.39 is 0 Å². The first-order chi connectivity index (χ1) is 10.3. The van der Waals surface area contributed by atoms with E-state index in [1.165, 1.54) is 0 Å². The molecular weight excluding hydrogens is 284 g/mol. The number of hydrogen-bond acceptors (Lipinski definition) is 6. The quantitative estimate of drug-likeness (QED) is 0.442. The summed E-state index contributed by atoms with van der Waals surface area (Å²) in [4.78, 5) is 23.7. The zero-order valence-electron chi connectivity index (χ0n) is 14.8. The molecule has 2 N–H and O–H groups in total. The van der Waals surface area contributed by atoms with E-state index in [1.807, 2.05) is 27.7 Å². The van der Waals surface area contributed by atoms with Crippen LogP contribution in [-0.2, 0) is 19.1 Å². The molecule has 2 unspecified atom stereocenters. The second-order valence-corrected chi connectivity index (χ2v) is 5.86. The van der Waals surface area contributed by atoms with E-state index in [0.717, 1.165) is 0 Å². The van der Waals surface area contributed by atoms with E-state index in [2.05, 4.69) is 10.6 Å². The Morgan fingerprint density at radius 3 is 1.32 bits per heavy atom. The number of rotatable bonds is 11. The van der Waals surface area contributed by atoms with Crippen LogP contribution >= 0.6 is 0 Å². The highest BCUT2D eigenvalue weighted by atomic mass is 16.5. The number of carbonyl (C=O) groups is 2. The lowest BCUT2D eigenvalue weighted by Gasteiger charge is -2.23. The maximum atomic E-state index is 11.8. The molecule has 0 aromatic carbocycles. The van der Waals surface area contributed by atoms with Crippen molar-refractivity contribution in [1.82, 2.24) is 10.6 Å². The normalized spacial score (nSPS) is 14.0. The molecule has 0 bridgehead atoms. The summed E-state index contributed by atoms with van der Waals surface area (Å²) < 4.78 is 10.1. The molecule has 22 heavy (non-hydrogen) atoms. The van der Waals surface area contributed by atoms with E-state index in [-0.39, 0.29) is 35.9 Å². The van der Waals surface area contributed by atoms with E-state index >= 15 is 0 Å². The summed E-state index contributed by atoms with van der Waals surface area (Å²) >= 11 is 0. The average molecular weight is 316 g/mol. The minimum atomic E-state index is -0.332. The molecule has 2 atom stereocenters. The molecule has 0 saturated heterocycles. The largest absolute Gasteiger partial charge is 0.465 e. The maximum Gasteiger partial charge on any atom is 0.323 e. The molecule has 0 aromatic rings. The Bertz CT molecular complexity index is 300. The number of esters is 2. The average Bonchev–Trinajstić information content (AvgIpc) is 2.42. The lowest BCUT2D eigenvalue weighted by atomic mass is 10.0. The van der Waals surface area contributed by atoms with Gasteiger partial charge in [-0.1, -0.05) is 27.7 Å². The standard InChI is InChI=1S/C16H32N2O4/c1-7-21-15(19)13(11(3)4)17-9-10-18-14(12(5)6)16(20)22-8-2/h11-14,17-18H,7-10H2,1-6H3. The van der Waals surface area contributed by atoms with Crippen molar-refractivity contribution >= 4 is 11.9 Å². The summed E-state index contributed by atoms with van der Waals surface area (Å²) in [6.07, 6.45) is 0. The van der Waals surface area contributed by atoms with Gasteiger partial charge in [-0.25, -0.2) is 0 Å². The van der Waals surface area contributed by atoms with Crippen molar-refractivity contribution in [2.45, 2.75) is 53.6 Å². The van der Waals surface area contributed by atoms with Crippen LogP contribution in [0.2, 0.25) is 0 Å². The Kier molecular flexibility index (Phi) is 10.8. The maximum absolute atomic E-state index is 11.8. The number of carbonyl (C=O) groups excluding carboxylic acids is 2. The number of nitrogens with one attached hydrogen (secondary N) is 2. The molecular formula is C16H32N2O4. The highest BCUT2D eigenvalue weighted by Gasteiger charge is 2.24. The van der Waals surface area contributed by atoms with E-state index in [9.17, 15) is 9.59 Å². The van der Waals surface area contributed by atoms with Crippen molar-refractivity contribution in [3.8, 4) is 0 Å². The third-order valence-electron chi connectivity index (χ3n) is 3.27. The molecule has 0 saturated carbocycles. The van der Waals surface area contributed by atoms with Crippen molar-refractivity contribution < 1.29 is 19.1 Å². The Balaban J connectivity index is 4.30. The molecule has 0 rings (SSSR count). The summed E-state index contributed by atoms with van der Waals surface area (Å²) in [6.45, 7) is 13.4. The molecule has 0 heterocycles. The molecule has 0 aliphatic heterocycles. The fourth-order valence-corrected chi connectivity index (χ4v) is 2.10. The topological polar surface area (TPSA) is 76.7 Å². The minimum Gasteiger partial charge on any atom is -0.465 e. The van der Waals surface area contributed by atoms with Crippen LogP contribution in [0.25, 0.3) is 0 Å². The monoisotopic (exact) mass is 316 g/mol. The van der Waals surface area contributed by atoms with Crippen molar-refractivity contribution in [3.05, 3.63) is 0 Å². The summed E-state index contributed by atoms with van der Waals surface area (Å²) in [5, 5.41) is 6.36. The second-order valence-electron chi connectivity index (χ2n) is 5.86. The van der Waals surface area contributed by atoms with Gasteiger partial charge in [-0.15, -0.1) is 0 Å². The van der Waals surface area contributed by atoms with Gasteiger partial charge in [0.15, 0.2) is 0 Å². The fourth-order valence-electron chi connectivity index (χ4n) is 2.10. The predicted molar refractivity (Wildman–Crippen MR) is 86.5 cm³/mol. The lowest BCUT2D eigenvalue weighted by Crippen LogP contribution is -2.48. The van der Waals surface area contributed by atoms with E-state index in [1.54, 1.807) is 13.8 Å². The first-order valence-corrected chi connectivity index (χ1v) is 8.15. The van der Waals surface area contributed by atoms with Crippen LogP contribution in [0.15, 0.2) is 0 Å². The van der Waals surface area contributed by atoms with Crippen molar-refractivity contribution in [2.24, 2.45) is 11.8 Å². The Labute approximate surface area is 134 Å². The zero-order chi connectivity index (χ0) is 17.1. The molecule has 0 aliphatic rings. The zero-order valence-corrected chi connectivity index (χ0v) is 14.8. The SMILES string of the molecule is CCOC(=O)C(NCCNC(C(=O)OCC)C(C)C)C(C)C. The van der Waals surface area contributed by atoms with Gasteiger partial charge in [0.1, 0.15) is 12.1 Å².